The molecular formula is C15H14N4O6S. The maximum absolute atomic E-state index is 12.1. The van der Waals surface area contributed by atoms with Gasteiger partial charge in [0.05, 0.1) is 26.6 Å². The molecule has 0 bridgehead atoms. The molecule has 2 rings (SSSR count). The van der Waals surface area contributed by atoms with Gasteiger partial charge in [-0.2, -0.15) is 5.10 Å². The highest BCUT2D eigenvalue weighted by molar-refractivity contribution is 7.91. The molecule has 0 spiro atoms. The summed E-state index contributed by atoms with van der Waals surface area (Å²) in [6.07, 6.45) is 1.36. The van der Waals surface area contributed by atoms with Crippen molar-refractivity contribution in [3.63, 3.8) is 0 Å². The molecule has 0 aliphatic carbocycles. The Bertz CT molecular complexity index is 944. The summed E-state index contributed by atoms with van der Waals surface area (Å²) in [6, 6.07) is 11.0. The molecule has 136 valence electrons. The summed E-state index contributed by atoms with van der Waals surface area (Å²) in [6.45, 7) is 0. The fourth-order valence-corrected chi connectivity index (χ4v) is 3.24. The number of nitrogens with zero attached hydrogens (tertiary/aromatic N) is 3. The lowest BCUT2D eigenvalue weighted by Crippen LogP contribution is -2.07. The summed E-state index contributed by atoms with van der Waals surface area (Å²) in [5, 5.41) is 25.4. The van der Waals surface area contributed by atoms with E-state index >= 15 is 0 Å². The third-order valence-electron chi connectivity index (χ3n) is 3.28. The molecule has 0 fully saturated rings. The molecule has 0 aliphatic heterocycles. The molecule has 0 unspecified atom stereocenters. The van der Waals surface area contributed by atoms with Crippen LogP contribution in [0.3, 0.4) is 0 Å². The Kier molecular flexibility index (Phi) is 5.96. The number of nitro benzene ring substituents is 2. The van der Waals surface area contributed by atoms with E-state index in [2.05, 4.69) is 10.5 Å². The standard InChI is InChI=1S/C15H14N4O6S/c20-18(21)12-7-8-14(15(11-12)19(22)23)17-16-9-4-10-26(24,25)13-5-2-1-3-6-13/h1-3,5-9,11,17H,4,10H2/b16-9+. The Morgan fingerprint density at radius 2 is 1.73 bits per heavy atom. The highest BCUT2D eigenvalue weighted by Crippen LogP contribution is 2.28. The number of rotatable bonds is 8. The zero-order valence-electron chi connectivity index (χ0n) is 13.3. The first kappa shape index (κ1) is 19.0. The van der Waals surface area contributed by atoms with Crippen LogP contribution in [-0.2, 0) is 9.84 Å². The molecule has 0 saturated heterocycles. The van der Waals surface area contributed by atoms with Gasteiger partial charge in [-0.15, -0.1) is 0 Å². The molecule has 2 aromatic carbocycles. The van der Waals surface area contributed by atoms with Gasteiger partial charge in [-0.05, 0) is 24.6 Å². The Balaban J connectivity index is 2.01. The SMILES string of the molecule is O=[N+]([O-])c1ccc(N/N=C/CCS(=O)(=O)c2ccccc2)c([N+](=O)[O-])c1. The molecule has 1 N–H and O–H groups in total. The van der Waals surface area contributed by atoms with Gasteiger partial charge in [-0.3, -0.25) is 25.7 Å². The van der Waals surface area contributed by atoms with Crippen molar-refractivity contribution in [3.8, 4) is 0 Å². The van der Waals surface area contributed by atoms with Crippen LogP contribution in [0.4, 0.5) is 17.1 Å². The van der Waals surface area contributed by atoms with Gasteiger partial charge in [0, 0.05) is 12.3 Å². The van der Waals surface area contributed by atoms with Crippen LogP contribution in [0.2, 0.25) is 0 Å². The average molecular weight is 378 g/mol. The molecule has 2 aromatic rings. The topological polar surface area (TPSA) is 145 Å². The lowest BCUT2D eigenvalue weighted by atomic mass is 10.2. The van der Waals surface area contributed by atoms with Crippen LogP contribution in [0.25, 0.3) is 0 Å². The number of sulfone groups is 1. The van der Waals surface area contributed by atoms with Gasteiger partial charge in [0.25, 0.3) is 5.69 Å². The van der Waals surface area contributed by atoms with Gasteiger partial charge >= 0.3 is 5.69 Å². The number of non-ortho nitro benzene ring substituents is 1. The summed E-state index contributed by atoms with van der Waals surface area (Å²) in [4.78, 5) is 20.3. The summed E-state index contributed by atoms with van der Waals surface area (Å²) in [5.41, 5.74) is 1.44. The van der Waals surface area contributed by atoms with E-state index in [9.17, 15) is 28.6 Å². The number of hydrazone groups is 1. The normalized spacial score (nSPS) is 11.4. The van der Waals surface area contributed by atoms with E-state index in [0.717, 1.165) is 18.2 Å². The monoisotopic (exact) mass is 378 g/mol. The number of benzene rings is 2. The molecular weight excluding hydrogens is 364 g/mol. The van der Waals surface area contributed by atoms with Crippen LogP contribution in [0.15, 0.2) is 58.5 Å². The highest BCUT2D eigenvalue weighted by atomic mass is 32.2. The number of hydrogen-bond acceptors (Lipinski definition) is 8. The van der Waals surface area contributed by atoms with Crippen LogP contribution >= 0.6 is 0 Å². The van der Waals surface area contributed by atoms with Crippen molar-refractivity contribution in [2.75, 3.05) is 11.2 Å². The smallest absolute Gasteiger partial charge is 0.272 e. The van der Waals surface area contributed by atoms with Gasteiger partial charge < -0.3 is 0 Å². The third-order valence-corrected chi connectivity index (χ3v) is 5.05. The summed E-state index contributed by atoms with van der Waals surface area (Å²) < 4.78 is 24.1. The van der Waals surface area contributed by atoms with Crippen molar-refractivity contribution in [3.05, 3.63) is 68.8 Å². The van der Waals surface area contributed by atoms with E-state index in [1.165, 1.54) is 18.3 Å². The third kappa shape index (κ3) is 4.83. The Morgan fingerprint density at radius 3 is 2.35 bits per heavy atom. The van der Waals surface area contributed by atoms with Gasteiger partial charge in [0.1, 0.15) is 5.69 Å². The van der Waals surface area contributed by atoms with Crippen molar-refractivity contribution in [1.82, 2.24) is 0 Å². The summed E-state index contributed by atoms with van der Waals surface area (Å²) in [5.74, 6) is -0.176. The minimum absolute atomic E-state index is 0.0391. The molecule has 0 radical (unpaired) electrons. The van der Waals surface area contributed by atoms with Crippen molar-refractivity contribution in [2.24, 2.45) is 5.10 Å². The zero-order chi connectivity index (χ0) is 19.2. The average Bonchev–Trinajstić information content (AvgIpc) is 2.62. The van der Waals surface area contributed by atoms with Crippen LogP contribution in [0.5, 0.6) is 0 Å². The lowest BCUT2D eigenvalue weighted by molar-refractivity contribution is -0.393. The second kappa shape index (κ2) is 8.16. The molecule has 26 heavy (non-hydrogen) atoms. The number of nitrogens with one attached hydrogen (secondary N) is 1. The van der Waals surface area contributed by atoms with Crippen LogP contribution < -0.4 is 5.43 Å². The fraction of sp³-hybridized carbons (Fsp3) is 0.133. The largest absolute Gasteiger partial charge is 0.301 e. The predicted molar refractivity (Wildman–Crippen MR) is 95.0 cm³/mol. The minimum Gasteiger partial charge on any atom is -0.272 e. The fourth-order valence-electron chi connectivity index (χ4n) is 2.01. The maximum Gasteiger partial charge on any atom is 0.301 e. The predicted octanol–water partition coefficient (Wildman–Crippen LogP) is 2.76. The number of anilines is 1. The summed E-state index contributed by atoms with van der Waals surface area (Å²) in [7, 11) is -3.44. The van der Waals surface area contributed by atoms with E-state index in [1.807, 2.05) is 0 Å². The van der Waals surface area contributed by atoms with E-state index in [0.29, 0.717) is 0 Å². The van der Waals surface area contributed by atoms with E-state index in [1.54, 1.807) is 18.2 Å². The van der Waals surface area contributed by atoms with E-state index in [-0.39, 0.29) is 22.8 Å². The molecule has 0 amide bonds. The lowest BCUT2D eigenvalue weighted by Gasteiger charge is -2.03. The number of nitro groups is 2. The van der Waals surface area contributed by atoms with Gasteiger partial charge in [-0.25, -0.2) is 8.42 Å². The highest BCUT2D eigenvalue weighted by Gasteiger charge is 2.19. The molecule has 0 atom stereocenters. The molecule has 0 heterocycles. The van der Waals surface area contributed by atoms with E-state index in [4.69, 9.17) is 0 Å². The number of hydrogen-bond donors (Lipinski definition) is 1. The second-order valence-corrected chi connectivity index (χ2v) is 7.17. The zero-order valence-corrected chi connectivity index (χ0v) is 14.1. The first-order chi connectivity index (χ1) is 12.3. The van der Waals surface area contributed by atoms with Crippen molar-refractivity contribution >= 4 is 33.1 Å². The molecule has 11 heteroatoms. The molecule has 10 nitrogen and oxygen atoms in total. The molecule has 0 aliphatic rings. The molecule has 0 saturated carbocycles. The minimum atomic E-state index is -3.44. The first-order valence-corrected chi connectivity index (χ1v) is 8.94. The second-order valence-electron chi connectivity index (χ2n) is 5.06. The molecule has 0 aromatic heterocycles. The van der Waals surface area contributed by atoms with Crippen LogP contribution in [0, 0.1) is 20.2 Å². The van der Waals surface area contributed by atoms with Gasteiger partial charge in [-0.1, -0.05) is 18.2 Å². The Hall–Kier alpha value is -3.34. The Morgan fingerprint density at radius 1 is 1.04 bits per heavy atom. The van der Waals surface area contributed by atoms with Crippen molar-refractivity contribution in [1.29, 1.82) is 0 Å². The van der Waals surface area contributed by atoms with Gasteiger partial charge in [0.15, 0.2) is 9.84 Å². The quantitative estimate of drug-likeness (QED) is 0.422. The van der Waals surface area contributed by atoms with Crippen LogP contribution in [0.1, 0.15) is 6.42 Å². The first-order valence-electron chi connectivity index (χ1n) is 7.29. The van der Waals surface area contributed by atoms with Gasteiger partial charge in [0.2, 0.25) is 0 Å². The van der Waals surface area contributed by atoms with E-state index < -0.39 is 31.1 Å². The van der Waals surface area contributed by atoms with Crippen molar-refractivity contribution < 1.29 is 18.3 Å². The Labute approximate surface area is 148 Å². The summed E-state index contributed by atoms with van der Waals surface area (Å²) >= 11 is 0. The maximum atomic E-state index is 12.1. The van der Waals surface area contributed by atoms with Crippen molar-refractivity contribution in [2.45, 2.75) is 11.3 Å². The van der Waals surface area contributed by atoms with Crippen LogP contribution in [-0.4, -0.2) is 30.2 Å².